The lowest BCUT2D eigenvalue weighted by atomic mass is 10.1. The van der Waals surface area contributed by atoms with Gasteiger partial charge in [-0.1, -0.05) is 11.3 Å². The molecule has 2 aromatic heterocycles. The van der Waals surface area contributed by atoms with Gasteiger partial charge in [-0.05, 0) is 30.3 Å². The van der Waals surface area contributed by atoms with Gasteiger partial charge in [-0.25, -0.2) is 0 Å². The van der Waals surface area contributed by atoms with Crippen LogP contribution in [-0.2, 0) is 11.3 Å². The molecule has 3 heterocycles. The summed E-state index contributed by atoms with van der Waals surface area (Å²) in [5.74, 6) is -0.0827. The zero-order chi connectivity index (χ0) is 17.9. The maximum absolute atomic E-state index is 12.6. The molecule has 1 aromatic carbocycles. The van der Waals surface area contributed by atoms with Crippen molar-refractivity contribution >= 4 is 27.3 Å². The van der Waals surface area contributed by atoms with E-state index in [2.05, 4.69) is 9.88 Å². The van der Waals surface area contributed by atoms with Gasteiger partial charge in [0.2, 0.25) is 0 Å². The van der Waals surface area contributed by atoms with Gasteiger partial charge in [0.25, 0.3) is 0 Å². The van der Waals surface area contributed by atoms with Crippen molar-refractivity contribution < 1.29 is 9.53 Å². The Bertz CT molecular complexity index is 975. The van der Waals surface area contributed by atoms with E-state index < -0.39 is 0 Å². The monoisotopic (exact) mass is 369 g/mol. The number of pyridine rings is 1. The Morgan fingerprint density at radius 3 is 2.77 bits per heavy atom. The molecule has 134 valence electrons. The number of rotatable bonds is 5. The van der Waals surface area contributed by atoms with Crippen molar-refractivity contribution in [2.75, 3.05) is 32.8 Å². The number of morpholine rings is 1. The number of aromatic nitrogens is 2. The Morgan fingerprint density at radius 2 is 2.00 bits per heavy atom. The van der Waals surface area contributed by atoms with Crippen molar-refractivity contribution in [3.63, 3.8) is 0 Å². The third kappa shape index (κ3) is 3.46. The van der Waals surface area contributed by atoms with E-state index in [0.717, 1.165) is 43.1 Å². The molecule has 6 nitrogen and oxygen atoms in total. The molecule has 26 heavy (non-hydrogen) atoms. The molecule has 0 radical (unpaired) electrons. The first-order valence-electron chi connectivity index (χ1n) is 8.60. The van der Waals surface area contributed by atoms with E-state index in [-0.39, 0.29) is 10.7 Å². The second kappa shape index (κ2) is 7.49. The summed E-state index contributed by atoms with van der Waals surface area (Å²) in [4.78, 5) is 31.3. The van der Waals surface area contributed by atoms with Gasteiger partial charge in [0.05, 0.1) is 23.4 Å². The fraction of sp³-hybridized carbons (Fsp3) is 0.316. The predicted molar refractivity (Wildman–Crippen MR) is 101 cm³/mol. The summed E-state index contributed by atoms with van der Waals surface area (Å²) in [6.45, 7) is 4.78. The smallest absolute Gasteiger partial charge is 0.308 e. The van der Waals surface area contributed by atoms with Crippen LogP contribution in [0, 0.1) is 0 Å². The van der Waals surface area contributed by atoms with Gasteiger partial charge < -0.3 is 4.74 Å². The first-order valence-corrected chi connectivity index (χ1v) is 9.42. The lowest BCUT2D eigenvalue weighted by Gasteiger charge is -2.26. The number of hydrogen-bond acceptors (Lipinski definition) is 6. The zero-order valence-corrected chi connectivity index (χ0v) is 15.1. The molecule has 0 aliphatic carbocycles. The summed E-state index contributed by atoms with van der Waals surface area (Å²) in [5.41, 5.74) is 2.01. The van der Waals surface area contributed by atoms with Gasteiger partial charge in [0.1, 0.15) is 0 Å². The van der Waals surface area contributed by atoms with Crippen molar-refractivity contribution in [3.8, 4) is 0 Å². The van der Waals surface area contributed by atoms with Gasteiger partial charge in [-0.3, -0.25) is 24.0 Å². The maximum Gasteiger partial charge on any atom is 0.308 e. The van der Waals surface area contributed by atoms with Crippen LogP contribution in [0.2, 0.25) is 0 Å². The van der Waals surface area contributed by atoms with Crippen LogP contribution < -0.4 is 4.87 Å². The summed E-state index contributed by atoms with van der Waals surface area (Å²) >= 11 is 1.19. The minimum Gasteiger partial charge on any atom is -0.379 e. The predicted octanol–water partition coefficient (Wildman–Crippen LogP) is 2.02. The topological polar surface area (TPSA) is 64.4 Å². The van der Waals surface area contributed by atoms with Gasteiger partial charge in [0, 0.05) is 49.7 Å². The quantitative estimate of drug-likeness (QED) is 0.644. The zero-order valence-electron chi connectivity index (χ0n) is 14.3. The molecule has 1 aliphatic rings. The van der Waals surface area contributed by atoms with Crippen LogP contribution in [0.1, 0.15) is 15.9 Å². The van der Waals surface area contributed by atoms with Crippen LogP contribution in [0.3, 0.4) is 0 Å². The van der Waals surface area contributed by atoms with E-state index in [9.17, 15) is 9.59 Å². The number of hydrogen-bond donors (Lipinski definition) is 0. The Balaban J connectivity index is 1.58. The Morgan fingerprint density at radius 1 is 1.15 bits per heavy atom. The first kappa shape index (κ1) is 17.1. The minimum atomic E-state index is -0.0827. The van der Waals surface area contributed by atoms with Crippen LogP contribution in [0.5, 0.6) is 0 Å². The third-order valence-electron chi connectivity index (χ3n) is 4.60. The second-order valence-corrected chi connectivity index (χ2v) is 7.22. The standard InChI is InChI=1S/C19H19N3O3S/c23-18(15-2-1-5-20-13-15)14-3-4-16-17(12-14)26-19(24)22(16)7-6-21-8-10-25-11-9-21/h1-5,12-13H,6-11H2. The minimum absolute atomic E-state index is 0.0132. The molecule has 0 bridgehead atoms. The number of nitrogens with zero attached hydrogens (tertiary/aromatic N) is 3. The van der Waals surface area contributed by atoms with Crippen LogP contribution >= 0.6 is 11.3 Å². The molecule has 0 atom stereocenters. The molecule has 3 aromatic rings. The Hall–Kier alpha value is -2.35. The van der Waals surface area contributed by atoms with Gasteiger partial charge in [-0.2, -0.15) is 0 Å². The van der Waals surface area contributed by atoms with Crippen LogP contribution in [0.15, 0.2) is 47.5 Å². The van der Waals surface area contributed by atoms with Gasteiger partial charge in [0.15, 0.2) is 5.78 Å². The number of ether oxygens (including phenoxy) is 1. The van der Waals surface area contributed by atoms with Crippen molar-refractivity contribution in [1.82, 2.24) is 14.5 Å². The Kier molecular flexibility index (Phi) is 4.92. The molecular weight excluding hydrogens is 350 g/mol. The summed E-state index contributed by atoms with van der Waals surface area (Å²) < 4.78 is 8.00. The molecule has 0 N–H and O–H groups in total. The average molecular weight is 369 g/mol. The molecule has 1 saturated heterocycles. The van der Waals surface area contributed by atoms with E-state index in [1.807, 2.05) is 12.1 Å². The van der Waals surface area contributed by atoms with E-state index in [1.165, 1.54) is 11.3 Å². The van der Waals surface area contributed by atoms with Crippen molar-refractivity contribution in [2.24, 2.45) is 0 Å². The molecule has 4 rings (SSSR count). The normalized spacial score (nSPS) is 15.4. The fourth-order valence-corrected chi connectivity index (χ4v) is 4.11. The number of thiazole rings is 1. The summed E-state index contributed by atoms with van der Waals surface area (Å²) in [5, 5.41) is 0. The molecule has 0 saturated carbocycles. The summed E-state index contributed by atoms with van der Waals surface area (Å²) in [7, 11) is 0. The summed E-state index contributed by atoms with van der Waals surface area (Å²) in [6, 6.07) is 8.95. The number of benzene rings is 1. The number of carbonyl (C=O) groups is 1. The van der Waals surface area contributed by atoms with Crippen molar-refractivity contribution in [1.29, 1.82) is 0 Å². The van der Waals surface area contributed by atoms with E-state index in [4.69, 9.17) is 4.74 Å². The van der Waals surface area contributed by atoms with Crippen molar-refractivity contribution in [2.45, 2.75) is 6.54 Å². The fourth-order valence-electron chi connectivity index (χ4n) is 3.15. The molecule has 1 aliphatic heterocycles. The van der Waals surface area contributed by atoms with Gasteiger partial charge >= 0.3 is 4.87 Å². The van der Waals surface area contributed by atoms with Crippen LogP contribution in [0.25, 0.3) is 10.2 Å². The lowest BCUT2D eigenvalue weighted by molar-refractivity contribution is 0.0365. The Labute approximate surface area is 154 Å². The molecular formula is C19H19N3O3S. The average Bonchev–Trinajstić information content (AvgIpc) is 3.01. The SMILES string of the molecule is O=C(c1cccnc1)c1ccc2c(c1)sc(=O)n2CCN1CCOCC1. The van der Waals surface area contributed by atoms with Crippen LogP contribution in [-0.4, -0.2) is 53.1 Å². The number of carbonyl (C=O) groups excluding carboxylic acids is 1. The maximum atomic E-state index is 12.6. The largest absolute Gasteiger partial charge is 0.379 e. The van der Waals surface area contributed by atoms with E-state index in [0.29, 0.717) is 17.7 Å². The summed E-state index contributed by atoms with van der Waals surface area (Å²) in [6.07, 6.45) is 3.20. The third-order valence-corrected chi connectivity index (χ3v) is 5.54. The number of fused-ring (bicyclic) bond motifs is 1. The molecule has 0 spiro atoms. The van der Waals surface area contributed by atoms with Gasteiger partial charge in [-0.15, -0.1) is 0 Å². The highest BCUT2D eigenvalue weighted by Gasteiger charge is 2.15. The molecule has 0 unspecified atom stereocenters. The van der Waals surface area contributed by atoms with Crippen LogP contribution in [0.4, 0.5) is 0 Å². The lowest BCUT2D eigenvalue weighted by Crippen LogP contribution is -2.38. The second-order valence-electron chi connectivity index (χ2n) is 6.23. The number of ketones is 1. The van der Waals surface area contributed by atoms with Crippen molar-refractivity contribution in [3.05, 3.63) is 63.5 Å². The highest BCUT2D eigenvalue weighted by molar-refractivity contribution is 7.16. The highest BCUT2D eigenvalue weighted by atomic mass is 32.1. The first-order chi connectivity index (χ1) is 12.7. The highest BCUT2D eigenvalue weighted by Crippen LogP contribution is 2.21. The van der Waals surface area contributed by atoms with E-state index in [1.54, 1.807) is 35.2 Å². The van der Waals surface area contributed by atoms with E-state index >= 15 is 0 Å². The molecule has 7 heteroatoms. The molecule has 1 fully saturated rings. The molecule has 0 amide bonds.